The van der Waals surface area contributed by atoms with Gasteiger partial charge in [-0.1, -0.05) is 42.5 Å². The molecule has 2 heterocycles. The van der Waals surface area contributed by atoms with Crippen molar-refractivity contribution in [3.63, 3.8) is 0 Å². The smallest absolute Gasteiger partial charge is 0.272 e. The van der Waals surface area contributed by atoms with E-state index in [1.165, 1.54) is 0 Å². The van der Waals surface area contributed by atoms with Gasteiger partial charge in [-0.25, -0.2) is 5.43 Å². The summed E-state index contributed by atoms with van der Waals surface area (Å²) in [5.74, 6) is -0.345. The first-order chi connectivity index (χ1) is 13.2. The lowest BCUT2D eigenvalue weighted by Gasteiger charge is -2.03. The number of nitrogens with one attached hydrogen (secondary N) is 2. The fourth-order valence-corrected chi connectivity index (χ4v) is 2.88. The van der Waals surface area contributed by atoms with Crippen LogP contribution in [0.4, 0.5) is 0 Å². The summed E-state index contributed by atoms with van der Waals surface area (Å²) in [6.45, 7) is 1.82. The second kappa shape index (κ2) is 7.21. The summed E-state index contributed by atoms with van der Waals surface area (Å²) in [6.07, 6.45) is 3.36. The predicted molar refractivity (Wildman–Crippen MR) is 105 cm³/mol. The highest BCUT2D eigenvalue weighted by Crippen LogP contribution is 2.27. The van der Waals surface area contributed by atoms with Gasteiger partial charge in [-0.2, -0.15) is 10.2 Å². The molecule has 4 rings (SSSR count). The van der Waals surface area contributed by atoms with Gasteiger partial charge in [0.1, 0.15) is 5.69 Å². The fraction of sp³-hybridized carbons (Fsp3) is 0.0476. The Hall–Kier alpha value is -3.80. The topological polar surface area (TPSA) is 83.0 Å². The van der Waals surface area contributed by atoms with E-state index in [9.17, 15) is 4.79 Å². The highest BCUT2D eigenvalue weighted by molar-refractivity contribution is 6.01. The number of pyridine rings is 1. The third-order valence-electron chi connectivity index (χ3n) is 4.31. The largest absolute Gasteiger partial charge is 0.289 e. The number of fused-ring (bicyclic) bond motifs is 1. The van der Waals surface area contributed by atoms with Gasteiger partial charge in [-0.05, 0) is 35.9 Å². The Morgan fingerprint density at radius 3 is 2.67 bits per heavy atom. The maximum absolute atomic E-state index is 12.4. The molecule has 6 nitrogen and oxygen atoms in total. The van der Waals surface area contributed by atoms with E-state index in [2.05, 4.69) is 37.8 Å². The standard InChI is InChI=1S/C21H17N5O/c1-14(15-9-11-22-12-10-15)23-26-21(27)20-13-19(24-25-20)18-8-4-6-16-5-2-3-7-17(16)18/h2-13H,1H3,(H,24,25)(H,26,27). The Morgan fingerprint density at radius 2 is 1.81 bits per heavy atom. The summed E-state index contributed by atoms with van der Waals surface area (Å²) in [4.78, 5) is 16.4. The minimum absolute atomic E-state index is 0.345. The highest BCUT2D eigenvalue weighted by atomic mass is 16.2. The molecule has 132 valence electrons. The number of benzene rings is 2. The van der Waals surface area contributed by atoms with E-state index >= 15 is 0 Å². The van der Waals surface area contributed by atoms with E-state index in [4.69, 9.17) is 0 Å². The summed E-state index contributed by atoms with van der Waals surface area (Å²) in [5.41, 5.74) is 6.18. The van der Waals surface area contributed by atoms with E-state index in [1.807, 2.05) is 49.4 Å². The molecule has 0 radical (unpaired) electrons. The molecule has 4 aromatic rings. The van der Waals surface area contributed by atoms with Gasteiger partial charge in [0, 0.05) is 23.5 Å². The number of aromatic nitrogens is 3. The Labute approximate surface area is 156 Å². The van der Waals surface area contributed by atoms with Crippen LogP contribution in [0.15, 0.2) is 78.2 Å². The number of nitrogens with zero attached hydrogens (tertiary/aromatic N) is 3. The molecule has 2 aromatic heterocycles. The number of carbonyl (C=O) groups is 1. The lowest BCUT2D eigenvalue weighted by atomic mass is 10.0. The van der Waals surface area contributed by atoms with Crippen LogP contribution in [-0.2, 0) is 0 Å². The zero-order chi connectivity index (χ0) is 18.6. The van der Waals surface area contributed by atoms with Crippen LogP contribution in [-0.4, -0.2) is 26.8 Å². The van der Waals surface area contributed by atoms with Crippen molar-refractivity contribution in [1.29, 1.82) is 0 Å². The first-order valence-corrected chi connectivity index (χ1v) is 8.51. The number of carbonyl (C=O) groups excluding carboxylic acids is 1. The second-order valence-corrected chi connectivity index (χ2v) is 6.07. The van der Waals surface area contributed by atoms with Gasteiger partial charge in [0.2, 0.25) is 0 Å². The zero-order valence-electron chi connectivity index (χ0n) is 14.7. The van der Waals surface area contributed by atoms with E-state index in [0.29, 0.717) is 17.1 Å². The molecular formula is C21H17N5O. The van der Waals surface area contributed by atoms with Crippen molar-refractivity contribution in [2.45, 2.75) is 6.92 Å². The molecular weight excluding hydrogens is 338 g/mol. The lowest BCUT2D eigenvalue weighted by Crippen LogP contribution is -2.19. The van der Waals surface area contributed by atoms with Crippen LogP contribution in [0.2, 0.25) is 0 Å². The number of rotatable bonds is 4. The molecule has 0 saturated carbocycles. The summed E-state index contributed by atoms with van der Waals surface area (Å²) >= 11 is 0. The van der Waals surface area contributed by atoms with Crippen molar-refractivity contribution < 1.29 is 4.79 Å². The Kier molecular flexibility index (Phi) is 4.45. The minimum Gasteiger partial charge on any atom is -0.272 e. The number of H-pyrrole nitrogens is 1. The summed E-state index contributed by atoms with van der Waals surface area (Å²) in [7, 11) is 0. The Bertz CT molecular complexity index is 1130. The van der Waals surface area contributed by atoms with Crippen LogP contribution in [0.3, 0.4) is 0 Å². The van der Waals surface area contributed by atoms with Gasteiger partial charge in [-0.15, -0.1) is 0 Å². The molecule has 27 heavy (non-hydrogen) atoms. The van der Waals surface area contributed by atoms with Crippen LogP contribution in [0.1, 0.15) is 23.0 Å². The van der Waals surface area contributed by atoms with Gasteiger partial charge in [0.25, 0.3) is 5.91 Å². The number of amides is 1. The van der Waals surface area contributed by atoms with E-state index in [0.717, 1.165) is 21.9 Å². The van der Waals surface area contributed by atoms with Crippen molar-refractivity contribution in [3.05, 3.63) is 84.3 Å². The summed E-state index contributed by atoms with van der Waals surface area (Å²) in [6, 6.07) is 19.5. The first-order valence-electron chi connectivity index (χ1n) is 8.51. The highest BCUT2D eigenvalue weighted by Gasteiger charge is 2.12. The maximum atomic E-state index is 12.4. The molecule has 2 aromatic carbocycles. The maximum Gasteiger partial charge on any atom is 0.289 e. The van der Waals surface area contributed by atoms with Crippen molar-refractivity contribution in [2.24, 2.45) is 5.10 Å². The molecule has 1 amide bonds. The van der Waals surface area contributed by atoms with Gasteiger partial charge >= 0.3 is 0 Å². The number of hydrogen-bond donors (Lipinski definition) is 2. The van der Waals surface area contributed by atoms with Gasteiger partial charge in [0.05, 0.1) is 11.4 Å². The molecule has 0 fully saturated rings. The van der Waals surface area contributed by atoms with E-state index in [-0.39, 0.29) is 5.91 Å². The summed E-state index contributed by atoms with van der Waals surface area (Å²) in [5, 5.41) is 13.4. The first kappa shape index (κ1) is 16.7. The van der Waals surface area contributed by atoms with E-state index in [1.54, 1.807) is 18.5 Å². The van der Waals surface area contributed by atoms with Crippen LogP contribution in [0, 0.1) is 0 Å². The lowest BCUT2D eigenvalue weighted by molar-refractivity contribution is 0.0950. The molecule has 0 aliphatic rings. The summed E-state index contributed by atoms with van der Waals surface area (Å²) < 4.78 is 0. The molecule has 0 bridgehead atoms. The molecule has 0 unspecified atom stereocenters. The van der Waals surface area contributed by atoms with Gasteiger partial charge < -0.3 is 0 Å². The molecule has 2 N–H and O–H groups in total. The predicted octanol–water partition coefficient (Wildman–Crippen LogP) is 3.78. The molecule has 0 aliphatic heterocycles. The second-order valence-electron chi connectivity index (χ2n) is 6.07. The number of hydrogen-bond acceptors (Lipinski definition) is 4. The van der Waals surface area contributed by atoms with Crippen LogP contribution >= 0.6 is 0 Å². The number of aromatic amines is 1. The van der Waals surface area contributed by atoms with Gasteiger partial charge in [0.15, 0.2) is 0 Å². The fourth-order valence-electron chi connectivity index (χ4n) is 2.88. The van der Waals surface area contributed by atoms with Gasteiger partial charge in [-0.3, -0.25) is 14.9 Å². The zero-order valence-corrected chi connectivity index (χ0v) is 14.7. The Morgan fingerprint density at radius 1 is 1.04 bits per heavy atom. The third kappa shape index (κ3) is 3.46. The average molecular weight is 355 g/mol. The van der Waals surface area contributed by atoms with Crippen molar-refractivity contribution in [1.82, 2.24) is 20.6 Å². The quantitative estimate of drug-likeness (QED) is 0.432. The minimum atomic E-state index is -0.345. The van der Waals surface area contributed by atoms with Crippen LogP contribution < -0.4 is 5.43 Å². The SMILES string of the molecule is CC(=NNC(=O)c1cc(-c2cccc3ccccc23)n[nH]1)c1ccncc1. The molecule has 0 aliphatic carbocycles. The molecule has 0 atom stereocenters. The van der Waals surface area contributed by atoms with Crippen LogP contribution in [0.5, 0.6) is 0 Å². The normalized spacial score (nSPS) is 11.5. The number of hydrazone groups is 1. The molecule has 0 saturated heterocycles. The van der Waals surface area contributed by atoms with Crippen molar-refractivity contribution in [2.75, 3.05) is 0 Å². The Balaban J connectivity index is 1.56. The molecule has 0 spiro atoms. The van der Waals surface area contributed by atoms with Crippen molar-refractivity contribution in [3.8, 4) is 11.3 Å². The van der Waals surface area contributed by atoms with Crippen molar-refractivity contribution >= 4 is 22.4 Å². The monoisotopic (exact) mass is 355 g/mol. The third-order valence-corrected chi connectivity index (χ3v) is 4.31. The van der Waals surface area contributed by atoms with E-state index < -0.39 is 0 Å². The average Bonchev–Trinajstić information content (AvgIpc) is 3.22. The molecule has 6 heteroatoms. The van der Waals surface area contributed by atoms with Crippen LogP contribution in [0.25, 0.3) is 22.0 Å².